The molecular formula is C13H24N2O3SSi. The largest absolute Gasteiger partial charge is 0.462 e. The molecule has 0 aliphatic rings. The molecule has 2 N–H and O–H groups in total. The van der Waals surface area contributed by atoms with Crippen molar-refractivity contribution < 1.29 is 14.0 Å². The number of esters is 1. The molecule has 0 unspecified atom stereocenters. The van der Waals surface area contributed by atoms with Crippen molar-refractivity contribution in [2.24, 2.45) is 0 Å². The van der Waals surface area contributed by atoms with Crippen LogP contribution in [0.2, 0.25) is 18.1 Å². The SMILES string of the molecule is CCOC(=O)c1sc(N)nc1CO[Si](C)(C)C(C)(C)C. The average molecular weight is 316 g/mol. The lowest BCUT2D eigenvalue weighted by Crippen LogP contribution is -2.40. The van der Waals surface area contributed by atoms with Crippen LogP contribution in [0.25, 0.3) is 0 Å². The third-order valence-corrected chi connectivity index (χ3v) is 8.94. The molecule has 0 fully saturated rings. The van der Waals surface area contributed by atoms with Crippen LogP contribution in [0.4, 0.5) is 5.13 Å². The van der Waals surface area contributed by atoms with Crippen LogP contribution in [0.5, 0.6) is 0 Å². The van der Waals surface area contributed by atoms with E-state index in [9.17, 15) is 4.79 Å². The van der Waals surface area contributed by atoms with Crippen LogP contribution in [0.3, 0.4) is 0 Å². The maximum atomic E-state index is 11.8. The Kier molecular flexibility index (Phi) is 5.34. The molecule has 0 bridgehead atoms. The smallest absolute Gasteiger partial charge is 0.350 e. The lowest BCUT2D eigenvalue weighted by molar-refractivity contribution is 0.0528. The molecule has 0 saturated heterocycles. The number of ether oxygens (including phenoxy) is 1. The summed E-state index contributed by atoms with van der Waals surface area (Å²) in [7, 11) is -1.88. The van der Waals surface area contributed by atoms with Crippen molar-refractivity contribution >= 4 is 30.8 Å². The van der Waals surface area contributed by atoms with Gasteiger partial charge in [0, 0.05) is 0 Å². The number of carbonyl (C=O) groups excluding carboxylic acids is 1. The molecule has 20 heavy (non-hydrogen) atoms. The fraction of sp³-hybridized carbons (Fsp3) is 0.692. The van der Waals surface area contributed by atoms with Crippen molar-refractivity contribution in [1.29, 1.82) is 0 Å². The number of hydrogen-bond donors (Lipinski definition) is 1. The number of nitrogens with zero attached hydrogens (tertiary/aromatic N) is 1. The van der Waals surface area contributed by atoms with Gasteiger partial charge in [-0.15, -0.1) is 0 Å². The molecule has 5 nitrogen and oxygen atoms in total. The summed E-state index contributed by atoms with van der Waals surface area (Å²) < 4.78 is 11.1. The van der Waals surface area contributed by atoms with Crippen LogP contribution >= 0.6 is 11.3 Å². The normalized spacial score (nSPS) is 12.5. The molecule has 0 atom stereocenters. The average Bonchev–Trinajstić information content (AvgIpc) is 2.67. The number of rotatable bonds is 5. The standard InChI is InChI=1S/C13H24N2O3SSi/c1-7-17-11(16)10-9(15-12(14)19-10)8-18-20(5,6)13(2,3)4/h7-8H2,1-6H3,(H2,14,15). The van der Waals surface area contributed by atoms with Crippen molar-refractivity contribution in [3.63, 3.8) is 0 Å². The molecule has 0 aliphatic heterocycles. The topological polar surface area (TPSA) is 74.4 Å². The van der Waals surface area contributed by atoms with E-state index in [0.29, 0.717) is 28.9 Å². The van der Waals surface area contributed by atoms with Crippen LogP contribution < -0.4 is 5.73 Å². The van der Waals surface area contributed by atoms with Gasteiger partial charge in [0.05, 0.1) is 18.9 Å². The molecule has 114 valence electrons. The summed E-state index contributed by atoms with van der Waals surface area (Å²) in [6, 6.07) is 0. The van der Waals surface area contributed by atoms with Gasteiger partial charge in [0.25, 0.3) is 0 Å². The predicted molar refractivity (Wildman–Crippen MR) is 84.5 cm³/mol. The highest BCUT2D eigenvalue weighted by Crippen LogP contribution is 2.37. The van der Waals surface area contributed by atoms with Gasteiger partial charge in [-0.2, -0.15) is 0 Å². The summed E-state index contributed by atoms with van der Waals surface area (Å²) in [5.74, 6) is -0.379. The number of aromatic nitrogens is 1. The van der Waals surface area contributed by atoms with Crippen molar-refractivity contribution in [2.45, 2.75) is 52.4 Å². The summed E-state index contributed by atoms with van der Waals surface area (Å²) in [5.41, 5.74) is 6.27. The Bertz CT molecular complexity index is 480. The second-order valence-electron chi connectivity index (χ2n) is 6.10. The third kappa shape index (κ3) is 4.03. The minimum Gasteiger partial charge on any atom is -0.462 e. The molecule has 0 radical (unpaired) electrons. The number of nitrogens with two attached hydrogens (primary N) is 1. The molecule has 0 aromatic carbocycles. The first-order valence-corrected chi connectivity index (χ1v) is 10.4. The zero-order valence-corrected chi connectivity index (χ0v) is 14.9. The van der Waals surface area contributed by atoms with Crippen LogP contribution in [0.15, 0.2) is 0 Å². The molecule has 1 aromatic rings. The first kappa shape index (κ1) is 17.1. The Morgan fingerprint density at radius 3 is 2.50 bits per heavy atom. The Morgan fingerprint density at radius 1 is 1.40 bits per heavy atom. The Hall–Kier alpha value is -0.923. The van der Waals surface area contributed by atoms with Gasteiger partial charge in [-0.3, -0.25) is 0 Å². The summed E-state index contributed by atoms with van der Waals surface area (Å²) in [6.07, 6.45) is 0. The molecule has 7 heteroatoms. The van der Waals surface area contributed by atoms with E-state index in [1.54, 1.807) is 6.92 Å². The number of nitrogen functional groups attached to an aromatic ring is 1. The molecule has 1 heterocycles. The summed E-state index contributed by atoms with van der Waals surface area (Å²) >= 11 is 1.15. The van der Waals surface area contributed by atoms with E-state index >= 15 is 0 Å². The minimum absolute atomic E-state index is 0.110. The van der Waals surface area contributed by atoms with Gasteiger partial charge in [-0.1, -0.05) is 32.1 Å². The quantitative estimate of drug-likeness (QED) is 0.665. The number of thiazole rings is 1. The number of carbonyl (C=O) groups is 1. The Balaban J connectivity index is 2.86. The molecule has 0 aliphatic carbocycles. The fourth-order valence-electron chi connectivity index (χ4n) is 1.29. The fourth-order valence-corrected chi connectivity index (χ4v) is 2.95. The zero-order valence-electron chi connectivity index (χ0n) is 13.1. The van der Waals surface area contributed by atoms with E-state index in [-0.39, 0.29) is 11.0 Å². The van der Waals surface area contributed by atoms with Crippen molar-refractivity contribution in [2.75, 3.05) is 12.3 Å². The first-order valence-electron chi connectivity index (χ1n) is 6.64. The highest BCUT2D eigenvalue weighted by atomic mass is 32.1. The van der Waals surface area contributed by atoms with Crippen LogP contribution in [0, 0.1) is 0 Å². The first-order chi connectivity index (χ1) is 9.08. The molecule has 0 saturated carbocycles. The molecule has 0 spiro atoms. The van der Waals surface area contributed by atoms with Gasteiger partial charge in [0.1, 0.15) is 4.88 Å². The monoisotopic (exact) mass is 316 g/mol. The van der Waals surface area contributed by atoms with Gasteiger partial charge in [0.15, 0.2) is 13.4 Å². The molecule has 1 aromatic heterocycles. The number of anilines is 1. The van der Waals surface area contributed by atoms with Crippen molar-refractivity contribution in [3.8, 4) is 0 Å². The second-order valence-corrected chi connectivity index (χ2v) is 11.9. The zero-order chi connectivity index (χ0) is 15.6. The maximum Gasteiger partial charge on any atom is 0.350 e. The van der Waals surface area contributed by atoms with Gasteiger partial charge in [-0.05, 0) is 25.1 Å². The molecule has 0 amide bonds. The van der Waals surface area contributed by atoms with Crippen LogP contribution in [-0.4, -0.2) is 25.9 Å². The summed E-state index contributed by atoms with van der Waals surface area (Å²) in [6.45, 7) is 13.2. The van der Waals surface area contributed by atoms with E-state index in [2.05, 4.69) is 38.8 Å². The van der Waals surface area contributed by atoms with Crippen molar-refractivity contribution in [3.05, 3.63) is 10.6 Å². The van der Waals surface area contributed by atoms with Gasteiger partial charge in [-0.25, -0.2) is 9.78 Å². The second kappa shape index (κ2) is 6.24. The van der Waals surface area contributed by atoms with E-state index < -0.39 is 8.32 Å². The van der Waals surface area contributed by atoms with Crippen LogP contribution in [-0.2, 0) is 15.8 Å². The van der Waals surface area contributed by atoms with Crippen LogP contribution in [0.1, 0.15) is 43.1 Å². The van der Waals surface area contributed by atoms with Gasteiger partial charge < -0.3 is 14.9 Å². The maximum absolute atomic E-state index is 11.8. The molecule has 1 rings (SSSR count). The highest BCUT2D eigenvalue weighted by Gasteiger charge is 2.37. The lowest BCUT2D eigenvalue weighted by Gasteiger charge is -2.35. The lowest BCUT2D eigenvalue weighted by atomic mass is 10.2. The molecular weight excluding hydrogens is 292 g/mol. The minimum atomic E-state index is -1.88. The summed E-state index contributed by atoms with van der Waals surface area (Å²) in [5, 5.41) is 0.473. The Labute approximate surface area is 125 Å². The van der Waals surface area contributed by atoms with E-state index in [1.165, 1.54) is 0 Å². The van der Waals surface area contributed by atoms with Crippen molar-refractivity contribution in [1.82, 2.24) is 4.98 Å². The van der Waals surface area contributed by atoms with Gasteiger partial charge >= 0.3 is 5.97 Å². The van der Waals surface area contributed by atoms with E-state index in [0.717, 1.165) is 11.3 Å². The van der Waals surface area contributed by atoms with E-state index in [1.807, 2.05) is 0 Å². The summed E-state index contributed by atoms with van der Waals surface area (Å²) in [4.78, 5) is 16.5. The van der Waals surface area contributed by atoms with Gasteiger partial charge in [0.2, 0.25) is 0 Å². The Morgan fingerprint density at radius 2 is 2.00 bits per heavy atom. The predicted octanol–water partition coefficient (Wildman–Crippen LogP) is 3.42. The third-order valence-electron chi connectivity index (χ3n) is 3.55. The number of hydrogen-bond acceptors (Lipinski definition) is 6. The van der Waals surface area contributed by atoms with E-state index in [4.69, 9.17) is 14.9 Å². The highest BCUT2D eigenvalue weighted by molar-refractivity contribution is 7.17.